The Hall–Kier alpha value is -1.56. The van der Waals surface area contributed by atoms with E-state index in [9.17, 15) is 9.59 Å². The number of likely N-dealkylation sites (tertiary alicyclic amines) is 1. The number of carboxylic acids is 1. The minimum Gasteiger partial charge on any atom is -0.481 e. The monoisotopic (exact) mass is 354 g/mol. The number of carbonyl (C=O) groups is 2. The molecule has 0 radical (unpaired) electrons. The molecule has 0 aromatic heterocycles. The van der Waals surface area contributed by atoms with Crippen LogP contribution in [0.4, 0.5) is 4.79 Å². The van der Waals surface area contributed by atoms with E-state index in [-0.39, 0.29) is 18.0 Å². The van der Waals surface area contributed by atoms with Crippen molar-refractivity contribution in [2.75, 3.05) is 6.54 Å². The first-order valence-corrected chi connectivity index (χ1v) is 7.78. The third kappa shape index (κ3) is 4.20. The van der Waals surface area contributed by atoms with E-state index >= 15 is 0 Å². The number of carboxylic acid groups (broad SMARTS) is 1. The second kappa shape index (κ2) is 6.93. The molecule has 2 amide bonds. The van der Waals surface area contributed by atoms with Crippen LogP contribution in [0.3, 0.4) is 0 Å². The molecule has 0 aliphatic carbocycles. The number of amides is 2. The SMILES string of the molecule is CC1CC(C(=O)O)CCN1C(=O)NCc1cccc(Br)c1. The normalized spacial score (nSPS) is 21.9. The summed E-state index contributed by atoms with van der Waals surface area (Å²) < 4.78 is 0.977. The first-order valence-electron chi connectivity index (χ1n) is 6.99. The number of urea groups is 1. The van der Waals surface area contributed by atoms with E-state index in [1.807, 2.05) is 31.2 Å². The Bertz CT molecular complexity index is 535. The summed E-state index contributed by atoms with van der Waals surface area (Å²) in [5.74, 6) is -1.11. The molecule has 21 heavy (non-hydrogen) atoms. The van der Waals surface area contributed by atoms with Crippen LogP contribution < -0.4 is 5.32 Å². The van der Waals surface area contributed by atoms with Gasteiger partial charge in [0.2, 0.25) is 0 Å². The van der Waals surface area contributed by atoms with Crippen molar-refractivity contribution in [2.24, 2.45) is 5.92 Å². The van der Waals surface area contributed by atoms with Crippen molar-refractivity contribution < 1.29 is 14.7 Å². The van der Waals surface area contributed by atoms with E-state index in [2.05, 4.69) is 21.2 Å². The zero-order valence-corrected chi connectivity index (χ0v) is 13.5. The van der Waals surface area contributed by atoms with E-state index in [0.717, 1.165) is 10.0 Å². The average Bonchev–Trinajstić information content (AvgIpc) is 2.44. The zero-order valence-electron chi connectivity index (χ0n) is 11.9. The van der Waals surface area contributed by atoms with E-state index < -0.39 is 5.97 Å². The topological polar surface area (TPSA) is 69.6 Å². The second-order valence-corrected chi connectivity index (χ2v) is 6.31. The van der Waals surface area contributed by atoms with Gasteiger partial charge in [-0.25, -0.2) is 4.79 Å². The molecule has 5 nitrogen and oxygen atoms in total. The number of nitrogens with one attached hydrogen (secondary N) is 1. The molecule has 2 N–H and O–H groups in total. The summed E-state index contributed by atoms with van der Waals surface area (Å²) >= 11 is 3.40. The highest BCUT2D eigenvalue weighted by Gasteiger charge is 2.31. The number of rotatable bonds is 3. The zero-order chi connectivity index (χ0) is 15.4. The fraction of sp³-hybridized carbons (Fsp3) is 0.467. The van der Waals surface area contributed by atoms with Crippen molar-refractivity contribution in [2.45, 2.75) is 32.4 Å². The van der Waals surface area contributed by atoms with Gasteiger partial charge < -0.3 is 15.3 Å². The molecule has 2 unspecified atom stereocenters. The van der Waals surface area contributed by atoms with Gasteiger partial charge in [-0.1, -0.05) is 28.1 Å². The number of carbonyl (C=O) groups excluding carboxylic acids is 1. The molecular formula is C15H19BrN2O3. The Balaban J connectivity index is 1.88. The lowest BCUT2D eigenvalue weighted by Crippen LogP contribution is -2.50. The Morgan fingerprint density at radius 1 is 1.48 bits per heavy atom. The first kappa shape index (κ1) is 15.8. The van der Waals surface area contributed by atoms with Crippen molar-refractivity contribution in [1.29, 1.82) is 0 Å². The Morgan fingerprint density at radius 2 is 2.24 bits per heavy atom. The fourth-order valence-electron chi connectivity index (χ4n) is 2.62. The summed E-state index contributed by atoms with van der Waals surface area (Å²) in [6.45, 7) is 2.85. The van der Waals surface area contributed by atoms with Crippen molar-refractivity contribution in [3.63, 3.8) is 0 Å². The lowest BCUT2D eigenvalue weighted by molar-refractivity contribution is -0.143. The van der Waals surface area contributed by atoms with Gasteiger partial charge in [-0.2, -0.15) is 0 Å². The van der Waals surface area contributed by atoms with Crippen LogP contribution in [0, 0.1) is 5.92 Å². The molecule has 0 bridgehead atoms. The lowest BCUT2D eigenvalue weighted by atomic mass is 9.92. The molecule has 6 heteroatoms. The van der Waals surface area contributed by atoms with Crippen LogP contribution in [0.1, 0.15) is 25.3 Å². The van der Waals surface area contributed by atoms with Crippen LogP contribution in [0.15, 0.2) is 28.7 Å². The highest BCUT2D eigenvalue weighted by molar-refractivity contribution is 9.10. The Labute approximate surface area is 132 Å². The van der Waals surface area contributed by atoms with E-state index in [1.54, 1.807) is 4.90 Å². The maximum absolute atomic E-state index is 12.2. The Kier molecular flexibility index (Phi) is 5.22. The summed E-state index contributed by atoms with van der Waals surface area (Å²) in [5, 5.41) is 11.9. The number of hydrogen-bond donors (Lipinski definition) is 2. The predicted octanol–water partition coefficient (Wildman–Crippen LogP) is 2.84. The molecule has 1 saturated heterocycles. The predicted molar refractivity (Wildman–Crippen MR) is 82.9 cm³/mol. The van der Waals surface area contributed by atoms with Gasteiger partial charge in [-0.3, -0.25) is 4.79 Å². The minimum absolute atomic E-state index is 0.0534. The molecule has 1 aromatic rings. The van der Waals surface area contributed by atoms with Crippen LogP contribution in [0.25, 0.3) is 0 Å². The molecule has 0 spiro atoms. The van der Waals surface area contributed by atoms with E-state index in [1.165, 1.54) is 0 Å². The smallest absolute Gasteiger partial charge is 0.317 e. The van der Waals surface area contributed by atoms with Crippen LogP contribution in [0.5, 0.6) is 0 Å². The van der Waals surface area contributed by atoms with Crippen molar-refractivity contribution in [1.82, 2.24) is 10.2 Å². The Morgan fingerprint density at radius 3 is 2.86 bits per heavy atom. The van der Waals surface area contributed by atoms with Gasteiger partial charge >= 0.3 is 12.0 Å². The average molecular weight is 355 g/mol. The summed E-state index contributed by atoms with van der Waals surface area (Å²) in [6, 6.07) is 7.58. The highest BCUT2D eigenvalue weighted by Crippen LogP contribution is 2.23. The summed E-state index contributed by atoms with van der Waals surface area (Å²) in [4.78, 5) is 24.9. The van der Waals surface area contributed by atoms with E-state index in [0.29, 0.717) is 25.9 Å². The number of benzene rings is 1. The molecule has 1 heterocycles. The van der Waals surface area contributed by atoms with Crippen LogP contribution in [-0.2, 0) is 11.3 Å². The second-order valence-electron chi connectivity index (χ2n) is 5.39. The summed E-state index contributed by atoms with van der Waals surface area (Å²) in [6.07, 6.45) is 1.03. The highest BCUT2D eigenvalue weighted by atomic mass is 79.9. The quantitative estimate of drug-likeness (QED) is 0.876. The number of halogens is 1. The van der Waals surface area contributed by atoms with Gasteiger partial charge in [-0.05, 0) is 37.5 Å². The summed E-state index contributed by atoms with van der Waals surface area (Å²) in [5.41, 5.74) is 1.02. The van der Waals surface area contributed by atoms with Crippen LogP contribution >= 0.6 is 15.9 Å². The molecule has 1 aromatic carbocycles. The fourth-order valence-corrected chi connectivity index (χ4v) is 3.07. The molecule has 0 saturated carbocycles. The molecule has 2 rings (SSSR count). The van der Waals surface area contributed by atoms with Gasteiger partial charge in [0.1, 0.15) is 0 Å². The number of hydrogen-bond acceptors (Lipinski definition) is 2. The lowest BCUT2D eigenvalue weighted by Gasteiger charge is -2.36. The van der Waals surface area contributed by atoms with Crippen molar-refractivity contribution >= 4 is 27.9 Å². The molecule has 2 atom stereocenters. The molecular weight excluding hydrogens is 336 g/mol. The summed E-state index contributed by atoms with van der Waals surface area (Å²) in [7, 11) is 0. The maximum atomic E-state index is 12.2. The molecule has 1 aliphatic rings. The standard InChI is InChI=1S/C15H19BrN2O3/c1-10-7-12(14(19)20)5-6-18(10)15(21)17-9-11-3-2-4-13(16)8-11/h2-4,8,10,12H,5-7,9H2,1H3,(H,17,21)(H,19,20). The van der Waals surface area contributed by atoms with Gasteiger partial charge in [0, 0.05) is 23.6 Å². The van der Waals surface area contributed by atoms with Crippen molar-refractivity contribution in [3.8, 4) is 0 Å². The third-order valence-electron chi connectivity index (χ3n) is 3.82. The van der Waals surface area contributed by atoms with E-state index in [4.69, 9.17) is 5.11 Å². The largest absolute Gasteiger partial charge is 0.481 e. The molecule has 114 valence electrons. The number of piperidine rings is 1. The van der Waals surface area contributed by atoms with Crippen LogP contribution in [-0.4, -0.2) is 34.6 Å². The van der Waals surface area contributed by atoms with Crippen LogP contribution in [0.2, 0.25) is 0 Å². The van der Waals surface area contributed by atoms with Gasteiger partial charge in [0.25, 0.3) is 0 Å². The first-order chi connectivity index (χ1) is 9.97. The maximum Gasteiger partial charge on any atom is 0.317 e. The molecule has 1 aliphatic heterocycles. The van der Waals surface area contributed by atoms with Crippen molar-refractivity contribution in [3.05, 3.63) is 34.3 Å². The van der Waals surface area contributed by atoms with Gasteiger partial charge in [0.05, 0.1) is 5.92 Å². The number of aliphatic carboxylic acids is 1. The molecule has 1 fully saturated rings. The van der Waals surface area contributed by atoms with Gasteiger partial charge in [0.15, 0.2) is 0 Å². The third-order valence-corrected chi connectivity index (χ3v) is 4.31. The van der Waals surface area contributed by atoms with Gasteiger partial charge in [-0.15, -0.1) is 0 Å². The number of nitrogens with zero attached hydrogens (tertiary/aromatic N) is 1. The minimum atomic E-state index is -0.768.